The molecular formula is C13H20N2O3S. The van der Waals surface area contributed by atoms with Gasteiger partial charge in [-0.05, 0) is 43.7 Å². The van der Waals surface area contributed by atoms with Gasteiger partial charge in [0.15, 0.2) is 0 Å². The van der Waals surface area contributed by atoms with Crippen molar-refractivity contribution in [1.29, 1.82) is 0 Å². The van der Waals surface area contributed by atoms with Crippen molar-refractivity contribution in [2.45, 2.75) is 25.3 Å². The molecule has 1 heterocycles. The van der Waals surface area contributed by atoms with Gasteiger partial charge >= 0.3 is 0 Å². The summed E-state index contributed by atoms with van der Waals surface area (Å²) in [5.41, 5.74) is 0.566. The normalized spacial score (nSPS) is 19.9. The maximum Gasteiger partial charge on any atom is 0.234 e. The van der Waals surface area contributed by atoms with Gasteiger partial charge in [0, 0.05) is 11.7 Å². The lowest BCUT2D eigenvalue weighted by Crippen LogP contribution is -2.40. The monoisotopic (exact) mass is 284 g/mol. The fourth-order valence-electron chi connectivity index (χ4n) is 2.21. The Hall–Kier alpha value is -1.27. The lowest BCUT2D eigenvalue weighted by molar-refractivity contribution is 0.415. The van der Waals surface area contributed by atoms with Crippen LogP contribution >= 0.6 is 0 Å². The zero-order chi connectivity index (χ0) is 13.7. The van der Waals surface area contributed by atoms with E-state index in [1.165, 1.54) is 0 Å². The Kier molecular flexibility index (Phi) is 4.66. The van der Waals surface area contributed by atoms with Gasteiger partial charge in [-0.15, -0.1) is 0 Å². The summed E-state index contributed by atoms with van der Waals surface area (Å²) < 4.78 is 31.7. The summed E-state index contributed by atoms with van der Waals surface area (Å²) in [5, 5.41) is 3.24. The number of nitrogens with one attached hydrogen (secondary N) is 2. The third-order valence-corrected chi connectivity index (χ3v) is 4.58. The second kappa shape index (κ2) is 6.25. The van der Waals surface area contributed by atoms with Crippen LogP contribution in [0.3, 0.4) is 0 Å². The van der Waals surface area contributed by atoms with Crippen LogP contribution in [0.4, 0.5) is 5.69 Å². The first-order valence-electron chi connectivity index (χ1n) is 6.47. The highest BCUT2D eigenvalue weighted by molar-refractivity contribution is 7.92. The average Bonchev–Trinajstić information content (AvgIpc) is 2.39. The van der Waals surface area contributed by atoms with Gasteiger partial charge in [0.05, 0.1) is 12.9 Å². The molecule has 5 nitrogen and oxygen atoms in total. The van der Waals surface area contributed by atoms with Crippen LogP contribution < -0.4 is 14.8 Å². The number of benzene rings is 1. The number of methoxy groups -OCH3 is 1. The molecular weight excluding hydrogens is 264 g/mol. The second-order valence-electron chi connectivity index (χ2n) is 4.76. The highest BCUT2D eigenvalue weighted by Crippen LogP contribution is 2.17. The van der Waals surface area contributed by atoms with E-state index in [9.17, 15) is 8.42 Å². The lowest BCUT2D eigenvalue weighted by Gasteiger charge is -2.23. The molecule has 0 spiro atoms. The number of rotatable bonds is 5. The van der Waals surface area contributed by atoms with Crippen LogP contribution in [0, 0.1) is 0 Å². The molecule has 1 aromatic rings. The summed E-state index contributed by atoms with van der Waals surface area (Å²) in [6.07, 6.45) is 3.14. The predicted molar refractivity (Wildman–Crippen MR) is 76.0 cm³/mol. The van der Waals surface area contributed by atoms with E-state index < -0.39 is 10.0 Å². The van der Waals surface area contributed by atoms with Crippen molar-refractivity contribution in [3.8, 4) is 5.75 Å². The van der Waals surface area contributed by atoms with Gasteiger partial charge in [-0.3, -0.25) is 4.72 Å². The summed E-state index contributed by atoms with van der Waals surface area (Å²) in [4.78, 5) is 0. The van der Waals surface area contributed by atoms with Gasteiger partial charge in [0.25, 0.3) is 0 Å². The topological polar surface area (TPSA) is 67.4 Å². The number of ether oxygens (including phenoxy) is 1. The van der Waals surface area contributed by atoms with E-state index in [1.54, 1.807) is 31.4 Å². The molecule has 0 aliphatic carbocycles. The molecule has 1 aliphatic heterocycles. The van der Waals surface area contributed by atoms with Crippen molar-refractivity contribution in [2.75, 3.05) is 24.1 Å². The summed E-state index contributed by atoms with van der Waals surface area (Å²) in [6, 6.07) is 6.92. The van der Waals surface area contributed by atoms with Crippen LogP contribution in [0.15, 0.2) is 24.3 Å². The second-order valence-corrected chi connectivity index (χ2v) is 6.53. The molecule has 1 unspecified atom stereocenters. The Morgan fingerprint density at radius 1 is 1.32 bits per heavy atom. The first kappa shape index (κ1) is 14.1. The molecule has 106 valence electrons. The minimum atomic E-state index is -3.31. The number of hydrogen-bond donors (Lipinski definition) is 2. The molecule has 1 saturated heterocycles. The molecule has 0 radical (unpaired) electrons. The van der Waals surface area contributed by atoms with Gasteiger partial charge in [0.2, 0.25) is 10.0 Å². The maximum atomic E-state index is 12.0. The van der Waals surface area contributed by atoms with Crippen LogP contribution in [-0.2, 0) is 10.0 Å². The van der Waals surface area contributed by atoms with Crippen LogP contribution in [0.1, 0.15) is 19.3 Å². The molecule has 6 heteroatoms. The van der Waals surface area contributed by atoms with Gasteiger partial charge in [-0.2, -0.15) is 0 Å². The fourth-order valence-corrected chi connectivity index (χ4v) is 3.60. The summed E-state index contributed by atoms with van der Waals surface area (Å²) in [7, 11) is -1.73. The molecule has 1 aromatic carbocycles. The SMILES string of the molecule is COc1ccc(NS(=O)(=O)CC2CCCCN2)cc1. The molecule has 1 aliphatic rings. The van der Waals surface area contributed by atoms with Gasteiger partial charge in [0.1, 0.15) is 5.75 Å². The van der Waals surface area contributed by atoms with E-state index in [-0.39, 0.29) is 11.8 Å². The first-order chi connectivity index (χ1) is 9.09. The molecule has 19 heavy (non-hydrogen) atoms. The van der Waals surface area contributed by atoms with Crippen LogP contribution in [0.2, 0.25) is 0 Å². The molecule has 0 aromatic heterocycles. The van der Waals surface area contributed by atoms with E-state index in [4.69, 9.17) is 4.74 Å². The van der Waals surface area contributed by atoms with Crippen LogP contribution in [0.25, 0.3) is 0 Å². The van der Waals surface area contributed by atoms with Gasteiger partial charge in [-0.1, -0.05) is 6.42 Å². The summed E-state index contributed by atoms with van der Waals surface area (Å²) in [6.45, 7) is 0.905. The highest BCUT2D eigenvalue weighted by Gasteiger charge is 2.20. The number of anilines is 1. The highest BCUT2D eigenvalue weighted by atomic mass is 32.2. The van der Waals surface area contributed by atoms with Gasteiger partial charge < -0.3 is 10.1 Å². The first-order valence-corrected chi connectivity index (χ1v) is 8.12. The van der Waals surface area contributed by atoms with Crippen LogP contribution in [-0.4, -0.2) is 33.9 Å². The number of hydrogen-bond acceptors (Lipinski definition) is 4. The van der Waals surface area contributed by atoms with Crippen molar-refractivity contribution in [3.05, 3.63) is 24.3 Å². The molecule has 2 N–H and O–H groups in total. The van der Waals surface area contributed by atoms with E-state index in [2.05, 4.69) is 10.0 Å². The Labute approximate surface area is 114 Å². The standard InChI is InChI=1S/C13H20N2O3S/c1-18-13-7-5-11(6-8-13)15-19(16,17)10-12-4-2-3-9-14-12/h5-8,12,14-15H,2-4,9-10H2,1H3. The van der Waals surface area contributed by atoms with E-state index in [0.29, 0.717) is 11.4 Å². The largest absolute Gasteiger partial charge is 0.497 e. The molecule has 0 amide bonds. The molecule has 1 fully saturated rings. The zero-order valence-electron chi connectivity index (χ0n) is 11.1. The van der Waals surface area contributed by atoms with Gasteiger partial charge in [-0.25, -0.2) is 8.42 Å². The van der Waals surface area contributed by atoms with Crippen molar-refractivity contribution in [3.63, 3.8) is 0 Å². The smallest absolute Gasteiger partial charge is 0.234 e. The Balaban J connectivity index is 1.95. The predicted octanol–water partition coefficient (Wildman–Crippen LogP) is 1.58. The molecule has 0 bridgehead atoms. The molecule has 0 saturated carbocycles. The molecule has 2 rings (SSSR count). The quantitative estimate of drug-likeness (QED) is 0.861. The maximum absolute atomic E-state index is 12.0. The minimum absolute atomic E-state index is 0.0597. The molecule has 1 atom stereocenters. The fraction of sp³-hybridized carbons (Fsp3) is 0.538. The number of sulfonamides is 1. The summed E-state index contributed by atoms with van der Waals surface area (Å²) in [5.74, 6) is 0.829. The Morgan fingerprint density at radius 2 is 2.05 bits per heavy atom. The zero-order valence-corrected chi connectivity index (χ0v) is 11.9. The average molecular weight is 284 g/mol. The van der Waals surface area contributed by atoms with Crippen molar-refractivity contribution in [2.24, 2.45) is 0 Å². The minimum Gasteiger partial charge on any atom is -0.497 e. The Morgan fingerprint density at radius 3 is 2.63 bits per heavy atom. The van der Waals surface area contributed by atoms with Crippen molar-refractivity contribution < 1.29 is 13.2 Å². The van der Waals surface area contributed by atoms with E-state index in [0.717, 1.165) is 25.8 Å². The van der Waals surface area contributed by atoms with Crippen LogP contribution in [0.5, 0.6) is 5.75 Å². The Bertz CT molecular complexity index is 493. The van der Waals surface area contributed by atoms with Crippen molar-refractivity contribution >= 4 is 15.7 Å². The van der Waals surface area contributed by atoms with E-state index in [1.807, 2.05) is 0 Å². The lowest BCUT2D eigenvalue weighted by atomic mass is 10.1. The number of piperidine rings is 1. The third-order valence-electron chi connectivity index (χ3n) is 3.20. The summed E-state index contributed by atoms with van der Waals surface area (Å²) >= 11 is 0. The third kappa shape index (κ3) is 4.40. The van der Waals surface area contributed by atoms with Crippen molar-refractivity contribution in [1.82, 2.24) is 5.32 Å². The van der Waals surface area contributed by atoms with E-state index >= 15 is 0 Å².